The third kappa shape index (κ3) is 2.90. The molecule has 2 amide bonds. The highest BCUT2D eigenvalue weighted by Gasteiger charge is 2.58. The topological polar surface area (TPSA) is 58.6 Å². The van der Waals surface area contributed by atoms with Crippen molar-refractivity contribution in [1.82, 2.24) is 4.90 Å². The number of benzene rings is 1. The normalized spacial score (nSPS) is 19.6. The van der Waals surface area contributed by atoms with Gasteiger partial charge in [0.1, 0.15) is 5.41 Å². The molecule has 5 nitrogen and oxygen atoms in total. The first-order valence-corrected chi connectivity index (χ1v) is 8.27. The van der Waals surface area contributed by atoms with E-state index < -0.39 is 5.41 Å². The SMILES string of the molecule is Cc1ccc(NC(=O)C2(C(=O)N3CCOCC3)CC2)c(Br)c1. The van der Waals surface area contributed by atoms with Gasteiger partial charge in [0.25, 0.3) is 0 Å². The zero-order valence-electron chi connectivity index (χ0n) is 12.5. The van der Waals surface area contributed by atoms with Crippen LogP contribution in [-0.2, 0) is 14.3 Å². The maximum atomic E-state index is 12.7. The van der Waals surface area contributed by atoms with E-state index in [1.165, 1.54) is 0 Å². The van der Waals surface area contributed by atoms with Gasteiger partial charge in [0.2, 0.25) is 11.8 Å². The Morgan fingerprint density at radius 2 is 1.95 bits per heavy atom. The molecule has 0 unspecified atom stereocenters. The second kappa shape index (κ2) is 6.01. The van der Waals surface area contributed by atoms with Gasteiger partial charge in [0.05, 0.1) is 18.9 Å². The number of anilines is 1. The molecule has 0 atom stereocenters. The molecule has 0 bridgehead atoms. The number of nitrogens with zero attached hydrogens (tertiary/aromatic N) is 1. The summed E-state index contributed by atoms with van der Waals surface area (Å²) in [6, 6.07) is 5.73. The van der Waals surface area contributed by atoms with Crippen molar-refractivity contribution in [2.75, 3.05) is 31.6 Å². The molecular formula is C16H19BrN2O3. The van der Waals surface area contributed by atoms with Gasteiger partial charge in [0, 0.05) is 17.6 Å². The third-order valence-corrected chi connectivity index (χ3v) is 4.92. The summed E-state index contributed by atoms with van der Waals surface area (Å²) in [4.78, 5) is 27.0. The van der Waals surface area contributed by atoms with Crippen LogP contribution in [0.1, 0.15) is 18.4 Å². The molecule has 0 radical (unpaired) electrons. The third-order valence-electron chi connectivity index (χ3n) is 4.27. The molecule has 22 heavy (non-hydrogen) atoms. The van der Waals surface area contributed by atoms with E-state index >= 15 is 0 Å². The summed E-state index contributed by atoms with van der Waals surface area (Å²) < 4.78 is 6.09. The number of carbonyl (C=O) groups excluding carboxylic acids is 2. The molecule has 6 heteroatoms. The standard InChI is InChI=1S/C16H19BrN2O3/c1-11-2-3-13(12(17)10-11)18-14(20)16(4-5-16)15(21)19-6-8-22-9-7-19/h2-3,10H,4-9H2,1H3,(H,18,20). The number of rotatable bonds is 3. The molecule has 1 N–H and O–H groups in total. The second-order valence-corrected chi connectivity index (χ2v) is 6.78. The second-order valence-electron chi connectivity index (χ2n) is 5.92. The van der Waals surface area contributed by atoms with Crippen LogP contribution in [0.5, 0.6) is 0 Å². The highest BCUT2D eigenvalue weighted by molar-refractivity contribution is 9.10. The molecule has 1 aromatic rings. The van der Waals surface area contributed by atoms with Gasteiger partial charge in [-0.2, -0.15) is 0 Å². The summed E-state index contributed by atoms with van der Waals surface area (Å²) in [6.07, 6.45) is 1.25. The molecule has 1 aliphatic heterocycles. The van der Waals surface area contributed by atoms with Crippen molar-refractivity contribution in [3.05, 3.63) is 28.2 Å². The highest BCUT2D eigenvalue weighted by Crippen LogP contribution is 2.48. The van der Waals surface area contributed by atoms with Crippen LogP contribution in [-0.4, -0.2) is 43.0 Å². The van der Waals surface area contributed by atoms with Crippen molar-refractivity contribution in [1.29, 1.82) is 0 Å². The molecule has 3 rings (SSSR count). The number of hydrogen-bond donors (Lipinski definition) is 1. The Morgan fingerprint density at radius 1 is 1.27 bits per heavy atom. The smallest absolute Gasteiger partial charge is 0.240 e. The number of hydrogen-bond acceptors (Lipinski definition) is 3. The van der Waals surface area contributed by atoms with Crippen LogP contribution in [0.2, 0.25) is 0 Å². The van der Waals surface area contributed by atoms with Crippen LogP contribution in [0.4, 0.5) is 5.69 Å². The Kier molecular flexibility index (Phi) is 4.23. The number of morpholine rings is 1. The van der Waals surface area contributed by atoms with E-state index in [9.17, 15) is 9.59 Å². The summed E-state index contributed by atoms with van der Waals surface area (Å²) in [6.45, 7) is 4.23. The van der Waals surface area contributed by atoms with E-state index in [-0.39, 0.29) is 11.8 Å². The number of halogens is 1. The van der Waals surface area contributed by atoms with Gasteiger partial charge < -0.3 is 15.0 Å². The van der Waals surface area contributed by atoms with Crippen molar-refractivity contribution in [2.45, 2.75) is 19.8 Å². The fraction of sp³-hybridized carbons (Fsp3) is 0.500. The molecular weight excluding hydrogens is 348 g/mol. The lowest BCUT2D eigenvalue weighted by Crippen LogP contribution is -2.47. The summed E-state index contributed by atoms with van der Waals surface area (Å²) in [7, 11) is 0. The Morgan fingerprint density at radius 3 is 2.55 bits per heavy atom. The predicted octanol–water partition coefficient (Wildman–Crippen LogP) is 2.34. The fourth-order valence-corrected chi connectivity index (χ4v) is 3.29. The van der Waals surface area contributed by atoms with E-state index in [0.717, 1.165) is 10.0 Å². The molecule has 2 aliphatic rings. The first kappa shape index (κ1) is 15.5. The molecule has 1 aliphatic carbocycles. The minimum Gasteiger partial charge on any atom is -0.378 e. The minimum atomic E-state index is -0.873. The van der Waals surface area contributed by atoms with Gasteiger partial charge in [0.15, 0.2) is 0 Å². The van der Waals surface area contributed by atoms with Gasteiger partial charge in [-0.1, -0.05) is 6.07 Å². The Labute approximate surface area is 138 Å². The highest BCUT2D eigenvalue weighted by atomic mass is 79.9. The van der Waals surface area contributed by atoms with Gasteiger partial charge in [-0.25, -0.2) is 0 Å². The predicted molar refractivity (Wildman–Crippen MR) is 86.6 cm³/mol. The van der Waals surface area contributed by atoms with Crippen molar-refractivity contribution in [3.63, 3.8) is 0 Å². The van der Waals surface area contributed by atoms with Crippen molar-refractivity contribution < 1.29 is 14.3 Å². The summed E-state index contributed by atoms with van der Waals surface area (Å²) >= 11 is 3.45. The monoisotopic (exact) mass is 366 g/mol. The van der Waals surface area contributed by atoms with Crippen LogP contribution >= 0.6 is 15.9 Å². The van der Waals surface area contributed by atoms with E-state index in [1.807, 2.05) is 25.1 Å². The zero-order chi connectivity index (χ0) is 15.7. The van der Waals surface area contributed by atoms with Crippen LogP contribution in [0.15, 0.2) is 22.7 Å². The van der Waals surface area contributed by atoms with Crippen LogP contribution in [0.25, 0.3) is 0 Å². The van der Waals surface area contributed by atoms with Gasteiger partial charge in [-0.3, -0.25) is 9.59 Å². The Balaban J connectivity index is 1.72. The summed E-state index contributed by atoms with van der Waals surface area (Å²) in [5.74, 6) is -0.259. The quantitative estimate of drug-likeness (QED) is 0.835. The molecule has 1 aromatic carbocycles. The lowest BCUT2D eigenvalue weighted by molar-refractivity contribution is -0.145. The largest absolute Gasteiger partial charge is 0.378 e. The van der Waals surface area contributed by atoms with E-state index in [4.69, 9.17) is 4.74 Å². The summed E-state index contributed by atoms with van der Waals surface area (Å²) in [5.41, 5.74) is 0.939. The molecule has 1 heterocycles. The van der Waals surface area contributed by atoms with Crippen molar-refractivity contribution in [2.24, 2.45) is 5.41 Å². The Bertz CT molecular complexity index is 607. The zero-order valence-corrected chi connectivity index (χ0v) is 14.1. The van der Waals surface area contributed by atoms with Crippen molar-refractivity contribution >= 4 is 33.4 Å². The average molecular weight is 367 g/mol. The van der Waals surface area contributed by atoms with Crippen LogP contribution < -0.4 is 5.32 Å². The molecule has 1 saturated carbocycles. The number of amides is 2. The lowest BCUT2D eigenvalue weighted by Gasteiger charge is -2.30. The maximum Gasteiger partial charge on any atom is 0.240 e. The fourth-order valence-electron chi connectivity index (χ4n) is 2.70. The molecule has 118 valence electrons. The maximum absolute atomic E-state index is 12.7. The van der Waals surface area contributed by atoms with Crippen LogP contribution in [0.3, 0.4) is 0 Å². The Hall–Kier alpha value is -1.40. The average Bonchev–Trinajstić information content (AvgIpc) is 3.32. The van der Waals surface area contributed by atoms with E-state index in [1.54, 1.807) is 4.90 Å². The van der Waals surface area contributed by atoms with Crippen LogP contribution in [0, 0.1) is 12.3 Å². The first-order valence-electron chi connectivity index (χ1n) is 7.48. The summed E-state index contributed by atoms with van der Waals surface area (Å²) in [5, 5.41) is 2.90. The lowest BCUT2D eigenvalue weighted by atomic mass is 10.0. The van der Waals surface area contributed by atoms with Crippen molar-refractivity contribution in [3.8, 4) is 0 Å². The first-order chi connectivity index (χ1) is 10.5. The molecule has 0 aromatic heterocycles. The van der Waals surface area contributed by atoms with Gasteiger partial charge in [-0.05, 0) is 53.4 Å². The van der Waals surface area contributed by atoms with E-state index in [0.29, 0.717) is 44.8 Å². The number of nitrogens with one attached hydrogen (secondary N) is 1. The molecule has 2 fully saturated rings. The van der Waals surface area contributed by atoms with Gasteiger partial charge >= 0.3 is 0 Å². The van der Waals surface area contributed by atoms with E-state index in [2.05, 4.69) is 21.2 Å². The number of aryl methyl sites for hydroxylation is 1. The minimum absolute atomic E-state index is 0.0588. The molecule has 1 saturated heterocycles. The number of ether oxygens (including phenoxy) is 1. The number of carbonyl (C=O) groups is 2. The molecule has 0 spiro atoms. The van der Waals surface area contributed by atoms with Gasteiger partial charge in [-0.15, -0.1) is 0 Å².